The second kappa shape index (κ2) is 4.76. The van der Waals surface area contributed by atoms with E-state index in [1.54, 1.807) is 10.7 Å². The van der Waals surface area contributed by atoms with E-state index in [9.17, 15) is 4.79 Å². The van der Waals surface area contributed by atoms with Crippen molar-refractivity contribution in [2.75, 3.05) is 11.1 Å². The van der Waals surface area contributed by atoms with Gasteiger partial charge in [0.15, 0.2) is 0 Å². The summed E-state index contributed by atoms with van der Waals surface area (Å²) in [7, 11) is 1.85. The van der Waals surface area contributed by atoms with E-state index in [4.69, 9.17) is 5.73 Å². The molecular weight excluding hydrogens is 240 g/mol. The first-order valence-corrected chi connectivity index (χ1v) is 6.08. The van der Waals surface area contributed by atoms with Gasteiger partial charge in [-0.1, -0.05) is 12.1 Å². The fraction of sp³-hybridized carbons (Fsp3) is 0.286. The van der Waals surface area contributed by atoms with Gasteiger partial charge in [0, 0.05) is 12.7 Å². The standard InChI is InChI=1S/C14H18N4O/c1-8-6-5-7-11(15)12(8)14(19)16-13-9(2)17-18(4)10(13)3/h5-7H,15H2,1-4H3,(H,16,19). The van der Waals surface area contributed by atoms with Gasteiger partial charge in [-0.15, -0.1) is 0 Å². The Morgan fingerprint density at radius 3 is 2.53 bits per heavy atom. The summed E-state index contributed by atoms with van der Waals surface area (Å²) in [5, 5.41) is 7.17. The predicted molar refractivity (Wildman–Crippen MR) is 76.2 cm³/mol. The number of benzene rings is 1. The third-order valence-electron chi connectivity index (χ3n) is 3.28. The minimum atomic E-state index is -0.199. The zero-order chi connectivity index (χ0) is 14.2. The van der Waals surface area contributed by atoms with Crippen molar-refractivity contribution in [3.63, 3.8) is 0 Å². The monoisotopic (exact) mass is 258 g/mol. The maximum Gasteiger partial charge on any atom is 0.258 e. The summed E-state index contributed by atoms with van der Waals surface area (Å²) in [6.07, 6.45) is 0. The van der Waals surface area contributed by atoms with E-state index in [2.05, 4.69) is 10.4 Å². The maximum atomic E-state index is 12.3. The molecule has 0 saturated heterocycles. The van der Waals surface area contributed by atoms with Crippen LogP contribution in [0.15, 0.2) is 18.2 Å². The van der Waals surface area contributed by atoms with Crippen molar-refractivity contribution in [2.45, 2.75) is 20.8 Å². The van der Waals surface area contributed by atoms with E-state index < -0.39 is 0 Å². The Bertz CT molecular complexity index is 623. The normalized spacial score (nSPS) is 10.5. The first kappa shape index (κ1) is 13.1. The summed E-state index contributed by atoms with van der Waals surface area (Å²) >= 11 is 0. The van der Waals surface area contributed by atoms with Crippen LogP contribution >= 0.6 is 0 Å². The Hall–Kier alpha value is -2.30. The average Bonchev–Trinajstić information content (AvgIpc) is 2.56. The molecular formula is C14H18N4O. The van der Waals surface area contributed by atoms with Crippen molar-refractivity contribution in [1.29, 1.82) is 0 Å². The molecule has 100 valence electrons. The van der Waals surface area contributed by atoms with E-state index in [1.807, 2.05) is 40.0 Å². The number of anilines is 2. The van der Waals surface area contributed by atoms with Gasteiger partial charge in [0.1, 0.15) is 0 Å². The van der Waals surface area contributed by atoms with Crippen LogP contribution < -0.4 is 11.1 Å². The topological polar surface area (TPSA) is 72.9 Å². The number of amides is 1. The van der Waals surface area contributed by atoms with Crippen LogP contribution in [-0.4, -0.2) is 15.7 Å². The molecule has 0 spiro atoms. The number of carbonyl (C=O) groups excluding carboxylic acids is 1. The quantitative estimate of drug-likeness (QED) is 0.811. The van der Waals surface area contributed by atoms with E-state index in [-0.39, 0.29) is 5.91 Å². The van der Waals surface area contributed by atoms with Gasteiger partial charge in [0.25, 0.3) is 5.91 Å². The molecule has 1 aromatic carbocycles. The highest BCUT2D eigenvalue weighted by Crippen LogP contribution is 2.22. The molecule has 2 aromatic rings. The summed E-state index contributed by atoms with van der Waals surface area (Å²) in [6, 6.07) is 5.43. The molecule has 1 amide bonds. The first-order chi connectivity index (χ1) is 8.91. The van der Waals surface area contributed by atoms with Crippen LogP contribution in [0.2, 0.25) is 0 Å². The fourth-order valence-electron chi connectivity index (χ4n) is 2.13. The van der Waals surface area contributed by atoms with E-state index >= 15 is 0 Å². The Balaban J connectivity index is 2.36. The second-order valence-corrected chi connectivity index (χ2v) is 4.66. The van der Waals surface area contributed by atoms with Gasteiger partial charge in [-0.25, -0.2) is 0 Å². The molecule has 0 bridgehead atoms. The molecule has 5 nitrogen and oxygen atoms in total. The largest absolute Gasteiger partial charge is 0.398 e. The number of nitrogens with zero attached hydrogens (tertiary/aromatic N) is 2. The zero-order valence-corrected chi connectivity index (χ0v) is 11.6. The summed E-state index contributed by atoms with van der Waals surface area (Å²) in [5.41, 5.74) is 10.2. The van der Waals surface area contributed by atoms with Crippen molar-refractivity contribution < 1.29 is 4.79 Å². The second-order valence-electron chi connectivity index (χ2n) is 4.66. The van der Waals surface area contributed by atoms with Gasteiger partial charge in [-0.05, 0) is 32.4 Å². The van der Waals surface area contributed by atoms with Gasteiger partial charge in [0.2, 0.25) is 0 Å². The molecule has 0 radical (unpaired) electrons. The molecule has 0 aliphatic heterocycles. The Kier molecular flexibility index (Phi) is 3.29. The van der Waals surface area contributed by atoms with Crippen molar-refractivity contribution in [3.05, 3.63) is 40.7 Å². The van der Waals surface area contributed by atoms with Crippen LogP contribution in [0, 0.1) is 20.8 Å². The third-order valence-corrected chi connectivity index (χ3v) is 3.28. The highest BCUT2D eigenvalue weighted by molar-refractivity contribution is 6.09. The lowest BCUT2D eigenvalue weighted by Crippen LogP contribution is -2.16. The minimum absolute atomic E-state index is 0.199. The van der Waals surface area contributed by atoms with Crippen LogP contribution in [0.3, 0.4) is 0 Å². The number of hydrogen-bond donors (Lipinski definition) is 2. The summed E-state index contributed by atoms with van der Waals surface area (Å²) in [5.74, 6) is -0.199. The molecule has 5 heteroatoms. The number of nitrogen functional groups attached to an aromatic ring is 1. The van der Waals surface area contributed by atoms with E-state index in [0.29, 0.717) is 11.3 Å². The molecule has 0 saturated carbocycles. The van der Waals surface area contributed by atoms with Crippen LogP contribution in [0.4, 0.5) is 11.4 Å². The van der Waals surface area contributed by atoms with Crippen molar-refractivity contribution >= 4 is 17.3 Å². The molecule has 3 N–H and O–H groups in total. The zero-order valence-electron chi connectivity index (χ0n) is 11.6. The molecule has 1 heterocycles. The SMILES string of the molecule is Cc1cccc(N)c1C(=O)Nc1c(C)nn(C)c1C. The number of nitrogens with two attached hydrogens (primary N) is 1. The van der Waals surface area contributed by atoms with Crippen LogP contribution in [0.25, 0.3) is 0 Å². The number of carbonyl (C=O) groups is 1. The van der Waals surface area contributed by atoms with Crippen molar-refractivity contribution in [3.8, 4) is 0 Å². The Morgan fingerprint density at radius 2 is 2.00 bits per heavy atom. The third kappa shape index (κ3) is 2.31. The smallest absolute Gasteiger partial charge is 0.258 e. The number of rotatable bonds is 2. The lowest BCUT2D eigenvalue weighted by Gasteiger charge is -2.10. The van der Waals surface area contributed by atoms with Crippen LogP contribution in [0.5, 0.6) is 0 Å². The molecule has 0 fully saturated rings. The van der Waals surface area contributed by atoms with Crippen LogP contribution in [-0.2, 0) is 7.05 Å². The number of aryl methyl sites for hydroxylation is 3. The Morgan fingerprint density at radius 1 is 1.32 bits per heavy atom. The van der Waals surface area contributed by atoms with Gasteiger partial charge in [-0.3, -0.25) is 9.48 Å². The van der Waals surface area contributed by atoms with Gasteiger partial charge >= 0.3 is 0 Å². The lowest BCUT2D eigenvalue weighted by atomic mass is 10.1. The summed E-state index contributed by atoms with van der Waals surface area (Å²) < 4.78 is 1.74. The summed E-state index contributed by atoms with van der Waals surface area (Å²) in [4.78, 5) is 12.3. The van der Waals surface area contributed by atoms with Gasteiger partial charge in [-0.2, -0.15) is 5.10 Å². The fourth-order valence-corrected chi connectivity index (χ4v) is 2.13. The molecule has 0 atom stereocenters. The highest BCUT2D eigenvalue weighted by atomic mass is 16.1. The van der Waals surface area contributed by atoms with Crippen molar-refractivity contribution in [1.82, 2.24) is 9.78 Å². The molecule has 2 rings (SSSR count). The molecule has 0 aliphatic rings. The maximum absolute atomic E-state index is 12.3. The lowest BCUT2D eigenvalue weighted by molar-refractivity contribution is 0.102. The molecule has 0 aliphatic carbocycles. The molecule has 0 unspecified atom stereocenters. The predicted octanol–water partition coefficient (Wildman–Crippen LogP) is 2.18. The molecule has 1 aromatic heterocycles. The van der Waals surface area contributed by atoms with Gasteiger partial charge < -0.3 is 11.1 Å². The molecule has 19 heavy (non-hydrogen) atoms. The van der Waals surface area contributed by atoms with Gasteiger partial charge in [0.05, 0.1) is 22.6 Å². The minimum Gasteiger partial charge on any atom is -0.398 e. The average molecular weight is 258 g/mol. The highest BCUT2D eigenvalue weighted by Gasteiger charge is 2.17. The number of aromatic nitrogens is 2. The Labute approximate surface area is 112 Å². The van der Waals surface area contributed by atoms with Crippen LogP contribution in [0.1, 0.15) is 27.3 Å². The van der Waals surface area contributed by atoms with Crippen molar-refractivity contribution in [2.24, 2.45) is 7.05 Å². The first-order valence-electron chi connectivity index (χ1n) is 6.08. The number of nitrogens with one attached hydrogen (secondary N) is 1. The van der Waals surface area contributed by atoms with E-state index in [0.717, 1.165) is 22.6 Å². The summed E-state index contributed by atoms with van der Waals surface area (Å²) in [6.45, 7) is 5.65. The van der Waals surface area contributed by atoms with E-state index in [1.165, 1.54) is 0 Å². The number of hydrogen-bond acceptors (Lipinski definition) is 3.